The Hall–Kier alpha value is -3.23. The molecule has 10 heteroatoms. The monoisotopic (exact) mass is 496 g/mol. The molecule has 1 unspecified atom stereocenters. The summed E-state index contributed by atoms with van der Waals surface area (Å²) in [5, 5.41) is 5.79. The van der Waals surface area contributed by atoms with Crippen LogP contribution < -0.4 is 15.4 Å². The van der Waals surface area contributed by atoms with Gasteiger partial charge in [-0.1, -0.05) is 29.3 Å². The molecule has 3 aromatic carbocycles. The molecule has 0 fully saturated rings. The van der Waals surface area contributed by atoms with E-state index in [9.17, 15) is 22.8 Å². The van der Waals surface area contributed by atoms with Crippen molar-refractivity contribution < 1.29 is 27.5 Å². The van der Waals surface area contributed by atoms with Gasteiger partial charge in [-0.25, -0.2) is 0 Å². The molecule has 5 nitrogen and oxygen atoms in total. The lowest BCUT2D eigenvalue weighted by Gasteiger charge is -2.15. The number of alkyl halides is 3. The van der Waals surface area contributed by atoms with Gasteiger partial charge in [0.25, 0.3) is 11.8 Å². The number of hydrogen-bond acceptors (Lipinski definition) is 3. The molecule has 0 spiro atoms. The van der Waals surface area contributed by atoms with Crippen LogP contribution in [0.5, 0.6) is 5.75 Å². The predicted octanol–water partition coefficient (Wildman–Crippen LogP) is 6.67. The van der Waals surface area contributed by atoms with Gasteiger partial charge in [0.05, 0.1) is 5.56 Å². The maximum Gasteiger partial charge on any atom is 0.416 e. The molecule has 33 heavy (non-hydrogen) atoms. The SMILES string of the molecule is CC(Oc1ccc(C(=O)Nc2cccc(C(F)(F)F)c2)cc1)C(=O)Nc1cc(Cl)cc(Cl)c1. The molecule has 172 valence electrons. The minimum absolute atomic E-state index is 0.0153. The van der Waals surface area contributed by atoms with Crippen molar-refractivity contribution in [1.29, 1.82) is 0 Å². The highest BCUT2D eigenvalue weighted by Crippen LogP contribution is 2.31. The summed E-state index contributed by atoms with van der Waals surface area (Å²) < 4.78 is 44.1. The van der Waals surface area contributed by atoms with E-state index in [1.807, 2.05) is 0 Å². The van der Waals surface area contributed by atoms with Gasteiger partial charge in [-0.3, -0.25) is 9.59 Å². The highest BCUT2D eigenvalue weighted by molar-refractivity contribution is 6.35. The zero-order valence-electron chi connectivity index (χ0n) is 17.0. The number of anilines is 2. The average molecular weight is 497 g/mol. The van der Waals surface area contributed by atoms with Crippen molar-refractivity contribution in [2.75, 3.05) is 10.6 Å². The fourth-order valence-corrected chi connectivity index (χ4v) is 3.31. The van der Waals surface area contributed by atoms with Crippen LogP contribution in [0.15, 0.2) is 66.7 Å². The Morgan fingerprint density at radius 2 is 1.52 bits per heavy atom. The Kier molecular flexibility index (Phi) is 7.50. The van der Waals surface area contributed by atoms with Crippen LogP contribution in [-0.4, -0.2) is 17.9 Å². The van der Waals surface area contributed by atoms with E-state index < -0.39 is 29.7 Å². The van der Waals surface area contributed by atoms with Crippen molar-refractivity contribution in [2.45, 2.75) is 19.2 Å². The predicted molar refractivity (Wildman–Crippen MR) is 121 cm³/mol. The number of nitrogens with one attached hydrogen (secondary N) is 2. The van der Waals surface area contributed by atoms with Gasteiger partial charge in [-0.05, 0) is 67.6 Å². The van der Waals surface area contributed by atoms with Crippen molar-refractivity contribution in [1.82, 2.24) is 0 Å². The van der Waals surface area contributed by atoms with Crippen molar-refractivity contribution in [2.24, 2.45) is 0 Å². The van der Waals surface area contributed by atoms with Crippen LogP contribution in [0.1, 0.15) is 22.8 Å². The van der Waals surface area contributed by atoms with Gasteiger partial charge in [0.2, 0.25) is 0 Å². The fraction of sp³-hybridized carbons (Fsp3) is 0.130. The Morgan fingerprint density at radius 1 is 0.879 bits per heavy atom. The van der Waals surface area contributed by atoms with Gasteiger partial charge >= 0.3 is 6.18 Å². The Balaban J connectivity index is 1.60. The quantitative estimate of drug-likeness (QED) is 0.400. The maximum absolute atomic E-state index is 12.8. The van der Waals surface area contributed by atoms with Crippen molar-refractivity contribution in [3.8, 4) is 5.75 Å². The summed E-state index contributed by atoms with van der Waals surface area (Å²) in [6, 6.07) is 14.7. The maximum atomic E-state index is 12.8. The van der Waals surface area contributed by atoms with Crippen molar-refractivity contribution in [3.63, 3.8) is 0 Å². The van der Waals surface area contributed by atoms with Gasteiger partial charge in [0.1, 0.15) is 5.75 Å². The number of benzene rings is 3. The van der Waals surface area contributed by atoms with E-state index >= 15 is 0 Å². The van der Waals surface area contributed by atoms with Crippen LogP contribution in [0.2, 0.25) is 10.0 Å². The van der Waals surface area contributed by atoms with E-state index in [0.717, 1.165) is 12.1 Å². The van der Waals surface area contributed by atoms with Gasteiger partial charge in [-0.15, -0.1) is 0 Å². The second-order valence-corrected chi connectivity index (χ2v) is 7.84. The number of carbonyl (C=O) groups is 2. The smallest absolute Gasteiger partial charge is 0.416 e. The molecule has 0 aliphatic rings. The molecule has 1 atom stereocenters. The highest BCUT2D eigenvalue weighted by atomic mass is 35.5. The molecular weight excluding hydrogens is 480 g/mol. The molecule has 2 amide bonds. The minimum Gasteiger partial charge on any atom is -0.481 e. The average Bonchev–Trinajstić information content (AvgIpc) is 2.73. The lowest BCUT2D eigenvalue weighted by Crippen LogP contribution is -2.30. The number of ether oxygens (including phenoxy) is 1. The largest absolute Gasteiger partial charge is 0.481 e. The molecule has 2 N–H and O–H groups in total. The van der Waals surface area contributed by atoms with Crippen LogP contribution in [0, 0.1) is 0 Å². The lowest BCUT2D eigenvalue weighted by molar-refractivity contribution is -0.137. The number of rotatable bonds is 6. The van der Waals surface area contributed by atoms with E-state index in [1.165, 1.54) is 61.5 Å². The van der Waals surface area contributed by atoms with Gasteiger partial charge < -0.3 is 15.4 Å². The standard InChI is InChI=1S/C23H17Cl2F3N2O3/c1-13(21(31)30-19-11-16(24)10-17(25)12-19)33-20-7-5-14(6-8-20)22(32)29-18-4-2-3-15(9-18)23(26,27)28/h2-13H,1H3,(H,29,32)(H,30,31). The summed E-state index contributed by atoms with van der Waals surface area (Å²) in [6.07, 6.45) is -5.39. The highest BCUT2D eigenvalue weighted by Gasteiger charge is 2.30. The van der Waals surface area contributed by atoms with Crippen LogP contribution in [0.4, 0.5) is 24.5 Å². The molecule has 3 rings (SSSR count). The number of carbonyl (C=O) groups excluding carboxylic acids is 2. The Bertz CT molecular complexity index is 1150. The third-order valence-electron chi connectivity index (χ3n) is 4.38. The van der Waals surface area contributed by atoms with Crippen LogP contribution >= 0.6 is 23.2 Å². The van der Waals surface area contributed by atoms with E-state index in [4.69, 9.17) is 27.9 Å². The van der Waals surface area contributed by atoms with E-state index in [1.54, 1.807) is 0 Å². The van der Waals surface area contributed by atoms with Crippen molar-refractivity contribution >= 4 is 46.4 Å². The molecule has 0 aromatic heterocycles. The molecular formula is C23H17Cl2F3N2O3. The first kappa shape index (κ1) is 24.4. The molecule has 0 aliphatic carbocycles. The third-order valence-corrected chi connectivity index (χ3v) is 4.81. The first-order valence-electron chi connectivity index (χ1n) is 9.53. The minimum atomic E-state index is -4.51. The Labute approximate surface area is 197 Å². The molecule has 3 aromatic rings. The summed E-state index contributed by atoms with van der Waals surface area (Å²) in [5.74, 6) is -0.721. The molecule has 0 radical (unpaired) electrons. The Morgan fingerprint density at radius 3 is 2.12 bits per heavy atom. The van der Waals surface area contributed by atoms with E-state index in [-0.39, 0.29) is 11.3 Å². The first-order valence-corrected chi connectivity index (χ1v) is 10.3. The molecule has 0 saturated carbocycles. The summed E-state index contributed by atoms with van der Waals surface area (Å²) in [5.41, 5.74) is -0.238. The van der Waals surface area contributed by atoms with Crippen LogP contribution in [0.25, 0.3) is 0 Å². The molecule has 0 aliphatic heterocycles. The summed E-state index contributed by atoms with van der Waals surface area (Å²) >= 11 is 11.8. The number of halogens is 5. The summed E-state index contributed by atoms with van der Waals surface area (Å²) in [6.45, 7) is 1.54. The van der Waals surface area contributed by atoms with Gasteiger partial charge in [-0.2, -0.15) is 13.2 Å². The normalized spacial score (nSPS) is 12.1. The van der Waals surface area contributed by atoms with Crippen LogP contribution in [0.3, 0.4) is 0 Å². The summed E-state index contributed by atoms with van der Waals surface area (Å²) in [4.78, 5) is 24.7. The second-order valence-electron chi connectivity index (χ2n) is 6.96. The molecule has 0 bridgehead atoms. The summed E-state index contributed by atoms with van der Waals surface area (Å²) in [7, 11) is 0. The molecule has 0 heterocycles. The first-order chi connectivity index (χ1) is 15.5. The van der Waals surface area contributed by atoms with Gasteiger partial charge in [0.15, 0.2) is 6.10 Å². The van der Waals surface area contributed by atoms with Crippen LogP contribution in [-0.2, 0) is 11.0 Å². The van der Waals surface area contributed by atoms with Crippen molar-refractivity contribution in [3.05, 3.63) is 87.9 Å². The molecule has 0 saturated heterocycles. The topological polar surface area (TPSA) is 67.4 Å². The van der Waals surface area contributed by atoms with E-state index in [2.05, 4.69) is 10.6 Å². The second kappa shape index (κ2) is 10.1. The third kappa shape index (κ3) is 6.87. The number of hydrogen-bond donors (Lipinski definition) is 2. The fourth-order valence-electron chi connectivity index (χ4n) is 2.79. The zero-order chi connectivity index (χ0) is 24.2. The zero-order valence-corrected chi connectivity index (χ0v) is 18.6. The lowest BCUT2D eigenvalue weighted by atomic mass is 10.1. The number of amides is 2. The van der Waals surface area contributed by atoms with Gasteiger partial charge in [0, 0.05) is 27.0 Å². The van der Waals surface area contributed by atoms with E-state index in [0.29, 0.717) is 21.5 Å².